The van der Waals surface area contributed by atoms with Gasteiger partial charge in [-0.1, -0.05) is 24.3 Å². The van der Waals surface area contributed by atoms with E-state index in [-0.39, 0.29) is 16.1 Å². The van der Waals surface area contributed by atoms with Gasteiger partial charge in [0, 0.05) is 12.5 Å². The average molecular weight is 371 g/mol. The molecule has 7 nitrogen and oxygen atoms in total. The molecule has 0 saturated heterocycles. The van der Waals surface area contributed by atoms with Gasteiger partial charge in [-0.25, -0.2) is 13.4 Å². The van der Waals surface area contributed by atoms with Crippen LogP contribution in [-0.4, -0.2) is 19.3 Å². The van der Waals surface area contributed by atoms with E-state index in [4.69, 9.17) is 10.2 Å². The lowest BCUT2D eigenvalue weighted by Crippen LogP contribution is -2.18. The molecule has 26 heavy (non-hydrogen) atoms. The lowest BCUT2D eigenvalue weighted by Gasteiger charge is -2.11. The first kappa shape index (κ1) is 17.7. The molecule has 3 rings (SSSR count). The van der Waals surface area contributed by atoms with Crippen LogP contribution in [0, 0.1) is 13.8 Å². The molecule has 3 N–H and O–H groups in total. The second-order valence-corrected chi connectivity index (χ2v) is 7.36. The van der Waals surface area contributed by atoms with Crippen molar-refractivity contribution in [3.8, 4) is 11.3 Å². The van der Waals surface area contributed by atoms with Gasteiger partial charge in [0.15, 0.2) is 5.89 Å². The van der Waals surface area contributed by atoms with Gasteiger partial charge in [0.1, 0.15) is 11.5 Å². The number of aromatic nitrogens is 1. The van der Waals surface area contributed by atoms with Gasteiger partial charge in [-0.3, -0.25) is 9.52 Å². The van der Waals surface area contributed by atoms with Crippen LogP contribution >= 0.6 is 0 Å². The predicted molar refractivity (Wildman–Crippen MR) is 97.2 cm³/mol. The number of nitrogens with two attached hydrogens (primary N) is 1. The van der Waals surface area contributed by atoms with Crippen LogP contribution in [-0.2, 0) is 10.0 Å². The van der Waals surface area contributed by atoms with Crippen molar-refractivity contribution in [2.45, 2.75) is 18.7 Å². The summed E-state index contributed by atoms with van der Waals surface area (Å²) in [6.45, 7) is 3.54. The molecule has 0 aliphatic heterocycles. The quantitative estimate of drug-likeness (QED) is 0.715. The summed E-state index contributed by atoms with van der Waals surface area (Å²) in [7, 11) is -3.87. The van der Waals surface area contributed by atoms with Crippen molar-refractivity contribution >= 4 is 21.6 Å². The summed E-state index contributed by atoms with van der Waals surface area (Å²) < 4.78 is 33.0. The van der Waals surface area contributed by atoms with E-state index in [1.165, 1.54) is 24.3 Å². The number of benzene rings is 2. The molecule has 0 bridgehead atoms. The van der Waals surface area contributed by atoms with Crippen molar-refractivity contribution < 1.29 is 17.6 Å². The maximum absolute atomic E-state index is 12.6. The Labute approximate surface area is 150 Å². The Kier molecular flexibility index (Phi) is 4.52. The lowest BCUT2D eigenvalue weighted by atomic mass is 10.1. The third kappa shape index (κ3) is 3.45. The number of oxazole rings is 1. The van der Waals surface area contributed by atoms with E-state index >= 15 is 0 Å². The van der Waals surface area contributed by atoms with E-state index in [9.17, 15) is 13.2 Å². The van der Waals surface area contributed by atoms with Crippen LogP contribution in [0.15, 0.2) is 57.8 Å². The summed E-state index contributed by atoms with van der Waals surface area (Å²) in [5.74, 6) is 0.487. The summed E-state index contributed by atoms with van der Waals surface area (Å²) in [6.07, 6.45) is 0. The minimum atomic E-state index is -3.87. The minimum absolute atomic E-state index is 0.0541. The van der Waals surface area contributed by atoms with Gasteiger partial charge in [0.25, 0.3) is 15.9 Å². The van der Waals surface area contributed by atoms with E-state index < -0.39 is 15.9 Å². The summed E-state index contributed by atoms with van der Waals surface area (Å²) >= 11 is 0. The number of primary amides is 1. The van der Waals surface area contributed by atoms with E-state index in [1.54, 1.807) is 38.1 Å². The van der Waals surface area contributed by atoms with E-state index in [1.807, 2.05) is 0 Å². The Bertz CT molecular complexity index is 1070. The van der Waals surface area contributed by atoms with Crippen molar-refractivity contribution in [1.29, 1.82) is 0 Å². The Hall–Kier alpha value is -3.13. The van der Waals surface area contributed by atoms with Crippen molar-refractivity contribution in [3.05, 3.63) is 65.7 Å². The molecule has 8 heteroatoms. The molecule has 1 amide bonds. The summed E-state index contributed by atoms with van der Waals surface area (Å²) in [5, 5.41) is 0. The lowest BCUT2D eigenvalue weighted by molar-refractivity contribution is 0.100. The van der Waals surface area contributed by atoms with Crippen LogP contribution in [0.1, 0.15) is 22.0 Å². The molecule has 0 saturated carbocycles. The zero-order valence-corrected chi connectivity index (χ0v) is 15.0. The first-order valence-corrected chi connectivity index (χ1v) is 9.22. The largest absolute Gasteiger partial charge is 0.446 e. The van der Waals surface area contributed by atoms with Gasteiger partial charge in [-0.2, -0.15) is 0 Å². The normalized spacial score (nSPS) is 11.3. The molecule has 0 spiro atoms. The van der Waals surface area contributed by atoms with Crippen LogP contribution in [0.2, 0.25) is 0 Å². The Morgan fingerprint density at radius 1 is 1.08 bits per heavy atom. The maximum atomic E-state index is 12.6. The van der Waals surface area contributed by atoms with Crippen LogP contribution in [0.25, 0.3) is 11.3 Å². The third-order valence-corrected chi connectivity index (χ3v) is 5.16. The molecule has 0 radical (unpaired) electrons. The summed E-state index contributed by atoms with van der Waals surface area (Å²) in [4.78, 5) is 15.8. The van der Waals surface area contributed by atoms with Crippen molar-refractivity contribution in [2.75, 3.05) is 4.72 Å². The number of carbonyl (C=O) groups excluding carboxylic acids is 1. The van der Waals surface area contributed by atoms with Crippen molar-refractivity contribution in [1.82, 2.24) is 4.98 Å². The highest BCUT2D eigenvalue weighted by Crippen LogP contribution is 2.26. The number of rotatable bonds is 5. The molecule has 0 aliphatic rings. The monoisotopic (exact) mass is 371 g/mol. The zero-order valence-electron chi connectivity index (χ0n) is 14.2. The number of hydrogen-bond donors (Lipinski definition) is 2. The molecule has 0 unspecified atom stereocenters. The van der Waals surface area contributed by atoms with Gasteiger partial charge in [-0.15, -0.1) is 0 Å². The highest BCUT2D eigenvalue weighted by molar-refractivity contribution is 7.92. The first-order valence-electron chi connectivity index (χ1n) is 7.74. The zero-order chi connectivity index (χ0) is 18.9. The number of amides is 1. The molecule has 0 fully saturated rings. The molecule has 0 aliphatic carbocycles. The first-order chi connectivity index (χ1) is 12.3. The van der Waals surface area contributed by atoms with Crippen LogP contribution in [0.4, 0.5) is 5.69 Å². The van der Waals surface area contributed by atoms with Crippen molar-refractivity contribution in [3.63, 3.8) is 0 Å². The number of carbonyl (C=O) groups is 1. The van der Waals surface area contributed by atoms with Crippen LogP contribution in [0.5, 0.6) is 0 Å². The predicted octanol–water partition coefficient (Wildman–Crippen LogP) is 2.86. The van der Waals surface area contributed by atoms with E-state index in [2.05, 4.69) is 9.71 Å². The summed E-state index contributed by atoms with van der Waals surface area (Å²) in [6, 6.07) is 12.4. The molecular weight excluding hydrogens is 354 g/mol. The third-order valence-electron chi connectivity index (χ3n) is 3.78. The average Bonchev–Trinajstić information content (AvgIpc) is 2.93. The van der Waals surface area contributed by atoms with Gasteiger partial charge in [0.05, 0.1) is 16.1 Å². The standard InChI is InChI=1S/C18H17N3O4S/c1-11-17(20-12(2)25-11)13-7-9-14(10-8-13)26(23,24)21-16-6-4-3-5-15(16)18(19)22/h3-10,21H,1-2H3,(H2,19,22). The fraction of sp³-hybridized carbons (Fsp3) is 0.111. The smallest absolute Gasteiger partial charge is 0.261 e. The molecule has 0 atom stereocenters. The van der Waals surface area contributed by atoms with Crippen LogP contribution in [0.3, 0.4) is 0 Å². The SMILES string of the molecule is Cc1nc(-c2ccc(S(=O)(=O)Nc3ccccc3C(N)=O)cc2)c(C)o1. The maximum Gasteiger partial charge on any atom is 0.261 e. The highest BCUT2D eigenvalue weighted by Gasteiger charge is 2.18. The second-order valence-electron chi connectivity index (χ2n) is 5.68. The highest BCUT2D eigenvalue weighted by atomic mass is 32.2. The number of nitrogens with one attached hydrogen (secondary N) is 1. The molecule has 3 aromatic rings. The van der Waals surface area contributed by atoms with Gasteiger partial charge < -0.3 is 10.2 Å². The second kappa shape index (κ2) is 6.64. The Morgan fingerprint density at radius 3 is 2.31 bits per heavy atom. The van der Waals surface area contributed by atoms with Crippen LogP contribution < -0.4 is 10.5 Å². The van der Waals surface area contributed by atoms with E-state index in [0.29, 0.717) is 17.3 Å². The molecule has 1 aromatic heterocycles. The number of anilines is 1. The topological polar surface area (TPSA) is 115 Å². The molecular formula is C18H17N3O4S. The van der Waals surface area contributed by atoms with Gasteiger partial charge in [0.2, 0.25) is 0 Å². The fourth-order valence-electron chi connectivity index (χ4n) is 2.58. The molecule has 2 aromatic carbocycles. The fourth-order valence-corrected chi connectivity index (χ4v) is 3.66. The minimum Gasteiger partial charge on any atom is -0.446 e. The summed E-state index contributed by atoms with van der Waals surface area (Å²) in [5.41, 5.74) is 6.92. The van der Waals surface area contributed by atoms with Gasteiger partial charge in [-0.05, 0) is 31.2 Å². The van der Waals surface area contributed by atoms with E-state index in [0.717, 1.165) is 5.56 Å². The number of sulfonamides is 1. The number of nitrogens with zero attached hydrogens (tertiary/aromatic N) is 1. The number of para-hydroxylation sites is 1. The Balaban J connectivity index is 1.91. The number of aryl methyl sites for hydroxylation is 2. The van der Waals surface area contributed by atoms with Gasteiger partial charge >= 0.3 is 0 Å². The molecule has 134 valence electrons. The molecule has 1 heterocycles. The number of hydrogen-bond acceptors (Lipinski definition) is 5. The Morgan fingerprint density at radius 2 is 1.73 bits per heavy atom. The van der Waals surface area contributed by atoms with Crippen molar-refractivity contribution in [2.24, 2.45) is 5.73 Å².